The average molecular weight is 445 g/mol. The lowest BCUT2D eigenvalue weighted by Crippen LogP contribution is -2.33. The number of nitrogens with zero attached hydrogens (tertiary/aromatic N) is 4. The van der Waals surface area contributed by atoms with Crippen LogP contribution in [0.1, 0.15) is 40.9 Å². The van der Waals surface area contributed by atoms with Crippen LogP contribution in [0, 0.1) is 12.8 Å². The van der Waals surface area contributed by atoms with Crippen molar-refractivity contribution in [3.63, 3.8) is 0 Å². The number of rotatable bonds is 8. The van der Waals surface area contributed by atoms with E-state index in [1.807, 2.05) is 50.6 Å². The maximum absolute atomic E-state index is 12.6. The normalized spacial score (nSPS) is 12.0. The third-order valence-electron chi connectivity index (χ3n) is 4.34. The standard InChI is InChI=1S/C20H24N6O2S2/c1-12(2)16(23-18(28)14-8-6-5-7-9-14)17-24-25-20(26(17)4)29-11-15(27)22-19-21-10-13(3)30-19/h5-10,12,16H,11H2,1-4H3,(H,23,28)(H,21,22,27)/t16-/m0/s1. The molecular weight excluding hydrogens is 420 g/mol. The number of anilines is 1. The topological polar surface area (TPSA) is 102 Å². The molecule has 30 heavy (non-hydrogen) atoms. The summed E-state index contributed by atoms with van der Waals surface area (Å²) in [5.41, 5.74) is 0.592. The second kappa shape index (κ2) is 9.86. The molecule has 3 aromatic rings. The molecule has 0 saturated heterocycles. The van der Waals surface area contributed by atoms with Crippen LogP contribution in [0.15, 0.2) is 41.7 Å². The Kier molecular flexibility index (Phi) is 7.22. The van der Waals surface area contributed by atoms with Crippen LogP contribution in [0.4, 0.5) is 5.13 Å². The number of aryl methyl sites for hydroxylation is 1. The quantitative estimate of drug-likeness (QED) is 0.516. The van der Waals surface area contributed by atoms with Gasteiger partial charge in [-0.1, -0.05) is 43.8 Å². The summed E-state index contributed by atoms with van der Waals surface area (Å²) in [5.74, 6) is 0.622. The fraction of sp³-hybridized carbons (Fsp3) is 0.350. The number of hydrogen-bond donors (Lipinski definition) is 2. The second-order valence-corrected chi connectivity index (χ2v) is 9.25. The van der Waals surface area contributed by atoms with Crippen molar-refractivity contribution in [3.05, 3.63) is 52.8 Å². The van der Waals surface area contributed by atoms with Crippen LogP contribution in [0.5, 0.6) is 0 Å². The van der Waals surface area contributed by atoms with Gasteiger partial charge in [0.15, 0.2) is 16.1 Å². The van der Waals surface area contributed by atoms with E-state index in [1.54, 1.807) is 18.3 Å². The molecule has 0 saturated carbocycles. The van der Waals surface area contributed by atoms with Gasteiger partial charge in [0.25, 0.3) is 5.91 Å². The van der Waals surface area contributed by atoms with Gasteiger partial charge >= 0.3 is 0 Å². The minimum Gasteiger partial charge on any atom is -0.342 e. The van der Waals surface area contributed by atoms with Crippen LogP contribution in [0.3, 0.4) is 0 Å². The number of aromatic nitrogens is 4. The van der Waals surface area contributed by atoms with E-state index in [4.69, 9.17) is 0 Å². The third-order valence-corrected chi connectivity index (χ3v) is 6.18. The highest BCUT2D eigenvalue weighted by molar-refractivity contribution is 7.99. The molecule has 0 unspecified atom stereocenters. The maximum Gasteiger partial charge on any atom is 0.251 e. The molecule has 0 bridgehead atoms. The molecule has 0 fully saturated rings. The number of carbonyl (C=O) groups is 2. The van der Waals surface area contributed by atoms with Crippen molar-refractivity contribution < 1.29 is 9.59 Å². The Morgan fingerprint density at radius 2 is 1.93 bits per heavy atom. The lowest BCUT2D eigenvalue weighted by molar-refractivity contribution is -0.113. The van der Waals surface area contributed by atoms with E-state index in [9.17, 15) is 9.59 Å². The van der Waals surface area contributed by atoms with Crippen molar-refractivity contribution in [2.75, 3.05) is 11.1 Å². The molecule has 2 N–H and O–H groups in total. The van der Waals surface area contributed by atoms with Gasteiger partial charge < -0.3 is 15.2 Å². The predicted molar refractivity (Wildman–Crippen MR) is 119 cm³/mol. The van der Waals surface area contributed by atoms with Crippen LogP contribution >= 0.6 is 23.1 Å². The molecule has 3 rings (SSSR count). The van der Waals surface area contributed by atoms with E-state index in [0.717, 1.165) is 4.88 Å². The maximum atomic E-state index is 12.6. The average Bonchev–Trinajstić information content (AvgIpc) is 3.30. The van der Waals surface area contributed by atoms with Gasteiger partial charge in [0.05, 0.1) is 11.8 Å². The Morgan fingerprint density at radius 1 is 1.20 bits per heavy atom. The molecule has 2 aromatic heterocycles. The Bertz CT molecular complexity index is 1020. The first-order chi connectivity index (χ1) is 14.3. The van der Waals surface area contributed by atoms with E-state index < -0.39 is 0 Å². The summed E-state index contributed by atoms with van der Waals surface area (Å²) >= 11 is 2.72. The Morgan fingerprint density at radius 3 is 2.57 bits per heavy atom. The van der Waals surface area contributed by atoms with E-state index >= 15 is 0 Å². The molecule has 8 nitrogen and oxygen atoms in total. The molecule has 1 aromatic carbocycles. The number of amides is 2. The van der Waals surface area contributed by atoms with Crippen molar-refractivity contribution in [1.82, 2.24) is 25.1 Å². The summed E-state index contributed by atoms with van der Waals surface area (Å²) < 4.78 is 1.82. The first-order valence-electron chi connectivity index (χ1n) is 9.45. The highest BCUT2D eigenvalue weighted by atomic mass is 32.2. The van der Waals surface area contributed by atoms with Gasteiger partial charge in [0.2, 0.25) is 5.91 Å². The van der Waals surface area contributed by atoms with Crippen molar-refractivity contribution >= 4 is 40.0 Å². The first-order valence-corrected chi connectivity index (χ1v) is 11.3. The number of thioether (sulfide) groups is 1. The first kappa shape index (κ1) is 22.0. The summed E-state index contributed by atoms with van der Waals surface area (Å²) in [6.45, 7) is 5.96. The van der Waals surface area contributed by atoms with Crippen LogP contribution in [0.25, 0.3) is 0 Å². The van der Waals surface area contributed by atoms with Gasteiger partial charge in [-0.3, -0.25) is 9.59 Å². The number of hydrogen-bond acceptors (Lipinski definition) is 7. The molecule has 10 heteroatoms. The lowest BCUT2D eigenvalue weighted by atomic mass is 10.0. The van der Waals surface area contributed by atoms with Crippen molar-refractivity contribution in [1.29, 1.82) is 0 Å². The molecule has 0 radical (unpaired) electrons. The zero-order valence-electron chi connectivity index (χ0n) is 17.2. The van der Waals surface area contributed by atoms with Gasteiger partial charge in [-0.2, -0.15) is 0 Å². The largest absolute Gasteiger partial charge is 0.342 e. The van der Waals surface area contributed by atoms with Gasteiger partial charge in [0.1, 0.15) is 0 Å². The Balaban J connectivity index is 1.65. The zero-order chi connectivity index (χ0) is 21.7. The Labute approximate surface area is 183 Å². The number of nitrogens with one attached hydrogen (secondary N) is 2. The van der Waals surface area contributed by atoms with Gasteiger partial charge in [-0.25, -0.2) is 4.98 Å². The van der Waals surface area contributed by atoms with Crippen LogP contribution < -0.4 is 10.6 Å². The molecule has 0 aliphatic heterocycles. The highest BCUT2D eigenvalue weighted by Gasteiger charge is 2.25. The molecule has 2 amide bonds. The van der Waals surface area contributed by atoms with Gasteiger partial charge in [0, 0.05) is 23.7 Å². The SMILES string of the molecule is Cc1cnc(NC(=O)CSc2nnc([C@@H](NC(=O)c3ccccc3)C(C)C)n2C)s1. The summed E-state index contributed by atoms with van der Waals surface area (Å²) in [5, 5.41) is 15.5. The zero-order valence-corrected chi connectivity index (χ0v) is 18.9. The van der Waals surface area contributed by atoms with Crippen LogP contribution in [-0.2, 0) is 11.8 Å². The fourth-order valence-electron chi connectivity index (χ4n) is 2.76. The second-order valence-electron chi connectivity index (χ2n) is 7.07. The molecule has 2 heterocycles. The highest BCUT2D eigenvalue weighted by Crippen LogP contribution is 2.25. The minimum absolute atomic E-state index is 0.106. The summed E-state index contributed by atoms with van der Waals surface area (Å²) in [6, 6.07) is 8.76. The number of carbonyl (C=O) groups excluding carboxylic acids is 2. The van der Waals surface area contributed by atoms with Crippen molar-refractivity contribution in [3.8, 4) is 0 Å². The fourth-order valence-corrected chi connectivity index (χ4v) is 4.16. The third kappa shape index (κ3) is 5.45. The van der Waals surface area contributed by atoms with Crippen LogP contribution in [-0.4, -0.2) is 37.3 Å². The predicted octanol–water partition coefficient (Wildman–Crippen LogP) is 3.44. The molecule has 0 aliphatic carbocycles. The lowest BCUT2D eigenvalue weighted by Gasteiger charge is -2.21. The summed E-state index contributed by atoms with van der Waals surface area (Å²) in [7, 11) is 1.84. The molecule has 158 valence electrons. The van der Waals surface area contributed by atoms with Crippen LogP contribution in [0.2, 0.25) is 0 Å². The van der Waals surface area contributed by atoms with E-state index in [0.29, 0.717) is 21.7 Å². The minimum atomic E-state index is -0.309. The molecular formula is C20H24N6O2S2. The number of benzene rings is 1. The van der Waals surface area contributed by atoms with Crippen molar-refractivity contribution in [2.45, 2.75) is 32.0 Å². The monoisotopic (exact) mass is 444 g/mol. The Hall–Kier alpha value is -2.72. The smallest absolute Gasteiger partial charge is 0.251 e. The van der Waals surface area contributed by atoms with Crippen molar-refractivity contribution in [2.24, 2.45) is 13.0 Å². The molecule has 0 aliphatic rings. The van der Waals surface area contributed by atoms with Gasteiger partial charge in [-0.05, 0) is 25.0 Å². The van der Waals surface area contributed by atoms with E-state index in [1.165, 1.54) is 23.1 Å². The van der Waals surface area contributed by atoms with Gasteiger partial charge in [-0.15, -0.1) is 21.5 Å². The number of thiazole rings is 1. The van der Waals surface area contributed by atoms with E-state index in [2.05, 4.69) is 25.8 Å². The summed E-state index contributed by atoms with van der Waals surface area (Å²) in [6.07, 6.45) is 1.72. The van der Waals surface area contributed by atoms with E-state index in [-0.39, 0.29) is 29.5 Å². The molecule has 1 atom stereocenters. The molecule has 0 spiro atoms. The summed E-state index contributed by atoms with van der Waals surface area (Å²) in [4.78, 5) is 30.0.